The Morgan fingerprint density at radius 2 is 1.30 bits per heavy atom. The molecule has 0 aliphatic carbocycles. The Balaban J connectivity index is 0.00000141. The van der Waals surface area contributed by atoms with E-state index in [0.29, 0.717) is 21.6 Å². The summed E-state index contributed by atoms with van der Waals surface area (Å²) in [6, 6.07) is 8.27. The minimum atomic E-state index is -0.478. The minimum absolute atomic E-state index is 0.259. The van der Waals surface area contributed by atoms with E-state index in [1.54, 1.807) is 7.11 Å². The van der Waals surface area contributed by atoms with Gasteiger partial charge in [-0.05, 0) is 106 Å². The first-order chi connectivity index (χ1) is 14.0. The van der Waals surface area contributed by atoms with Crippen LogP contribution in [-0.2, 0) is 14.9 Å². The van der Waals surface area contributed by atoms with Crippen molar-refractivity contribution in [2.75, 3.05) is 13.7 Å². The second-order valence-electron chi connectivity index (χ2n) is 6.80. The molecule has 30 heavy (non-hydrogen) atoms. The summed E-state index contributed by atoms with van der Waals surface area (Å²) in [5.41, 5.74) is 1.99. The summed E-state index contributed by atoms with van der Waals surface area (Å²) in [5, 5.41) is 9.75. The molecule has 2 aromatic carbocycles. The molecule has 3 nitrogen and oxygen atoms in total. The Morgan fingerprint density at radius 1 is 0.933 bits per heavy atom. The van der Waals surface area contributed by atoms with Crippen molar-refractivity contribution in [3.05, 3.63) is 53.3 Å². The quantitative estimate of drug-likeness (QED) is 0.282. The molecular weight excluding hydrogens is 913 g/mol. The molecule has 0 heterocycles. The van der Waals surface area contributed by atoms with Crippen molar-refractivity contribution < 1.29 is 24.0 Å². The van der Waals surface area contributed by atoms with Crippen LogP contribution in [0.1, 0.15) is 38.3 Å². The standard InChI is InChI=1S/C20H22Br4O3.2HI.V/c1-5-13(25)10-27-19-16(23)8-12(9-17(19)24)20(2,3)11-6-14(21)18(26-4)15(22)7-11;;;/h6-9,13,25H,5,10H2,1-4H3;2*1H;/q;;;+2/p-2. The average Bonchev–Trinajstić information content (AvgIpc) is 2.67. The SMILES string of the molecule is CCC(O)COc1c(Br)cc(C(C)(C)c2cc(Br)c(OC)c(Br)c2)cc1Br.[I][V][I]. The summed E-state index contributed by atoms with van der Waals surface area (Å²) in [4.78, 5) is 0. The van der Waals surface area contributed by atoms with Crippen LogP contribution in [0, 0.1) is 0 Å². The number of benzene rings is 2. The van der Waals surface area contributed by atoms with E-state index in [0.717, 1.165) is 34.8 Å². The van der Waals surface area contributed by atoms with Gasteiger partial charge in [0.05, 0.1) is 31.1 Å². The third kappa shape index (κ3) is 8.32. The molecule has 10 heteroatoms. The van der Waals surface area contributed by atoms with Gasteiger partial charge in [0, 0.05) is 5.41 Å². The topological polar surface area (TPSA) is 38.7 Å². The third-order valence-electron chi connectivity index (χ3n) is 4.54. The summed E-state index contributed by atoms with van der Waals surface area (Å²) < 4.78 is 14.7. The number of methoxy groups -OCH3 is 1. The van der Waals surface area contributed by atoms with Crippen molar-refractivity contribution in [3.63, 3.8) is 0 Å². The molecule has 0 fully saturated rings. The van der Waals surface area contributed by atoms with Crippen LogP contribution < -0.4 is 9.47 Å². The predicted molar refractivity (Wildman–Crippen MR) is 152 cm³/mol. The first-order valence-electron chi connectivity index (χ1n) is 8.79. The second-order valence-corrected chi connectivity index (χ2v) is 22.0. The molecule has 2 aromatic rings. The fourth-order valence-electron chi connectivity index (χ4n) is 2.64. The predicted octanol–water partition coefficient (Wildman–Crippen LogP) is 8.99. The zero-order chi connectivity index (χ0) is 23.1. The van der Waals surface area contributed by atoms with E-state index in [-0.39, 0.29) is 12.0 Å². The second kappa shape index (κ2) is 14.4. The van der Waals surface area contributed by atoms with Gasteiger partial charge in [-0.1, -0.05) is 20.8 Å². The Kier molecular flexibility index (Phi) is 14.4. The van der Waals surface area contributed by atoms with E-state index < -0.39 is 6.10 Å². The van der Waals surface area contributed by atoms with Gasteiger partial charge in [0.2, 0.25) is 0 Å². The van der Waals surface area contributed by atoms with E-state index in [1.165, 1.54) is 0 Å². The third-order valence-corrected chi connectivity index (χ3v) is 6.89. The van der Waals surface area contributed by atoms with Gasteiger partial charge >= 0.3 is 49.4 Å². The zero-order valence-corrected chi connectivity index (χ0v) is 28.8. The maximum absolute atomic E-state index is 9.75. The van der Waals surface area contributed by atoms with Gasteiger partial charge in [-0.25, -0.2) is 0 Å². The Bertz CT molecular complexity index is 807. The molecule has 2 rings (SSSR count). The van der Waals surface area contributed by atoms with Crippen LogP contribution in [0.4, 0.5) is 0 Å². The van der Waals surface area contributed by atoms with Gasteiger partial charge in [0.1, 0.15) is 18.1 Å². The Morgan fingerprint density at radius 3 is 1.63 bits per heavy atom. The van der Waals surface area contributed by atoms with Crippen molar-refractivity contribution in [1.82, 2.24) is 0 Å². The molecule has 0 amide bonds. The van der Waals surface area contributed by atoms with Crippen LogP contribution in [0.2, 0.25) is 0 Å². The van der Waals surface area contributed by atoms with Crippen molar-refractivity contribution in [2.24, 2.45) is 0 Å². The first-order valence-corrected chi connectivity index (χ1v) is 21.0. The number of aliphatic hydroxyl groups excluding tert-OH is 1. The molecule has 0 spiro atoms. The van der Waals surface area contributed by atoms with Crippen LogP contribution in [0.15, 0.2) is 42.2 Å². The zero-order valence-electron chi connectivity index (χ0n) is 16.8. The number of hydrogen-bond donors (Lipinski definition) is 1. The van der Waals surface area contributed by atoms with E-state index in [2.05, 4.69) is 142 Å². The molecule has 1 unspecified atom stereocenters. The van der Waals surface area contributed by atoms with Crippen LogP contribution in [0.25, 0.3) is 0 Å². The van der Waals surface area contributed by atoms with Crippen molar-refractivity contribution in [1.29, 1.82) is 0 Å². The maximum atomic E-state index is 9.75. The molecular formula is C20H22Br4I2O3V. The molecule has 1 N–H and O–H groups in total. The number of hydrogen-bond acceptors (Lipinski definition) is 3. The molecule has 1 atom stereocenters. The monoisotopic (exact) mass is 931 g/mol. The normalized spacial score (nSPS) is 12.0. The van der Waals surface area contributed by atoms with Crippen molar-refractivity contribution >= 4 is 104 Å². The number of halogens is 6. The summed E-state index contributed by atoms with van der Waals surface area (Å²) in [5.74, 6) is 1.47. The van der Waals surface area contributed by atoms with Crippen LogP contribution in [0.5, 0.6) is 11.5 Å². The van der Waals surface area contributed by atoms with Gasteiger partial charge in [0.25, 0.3) is 0 Å². The number of aliphatic hydroxyl groups is 1. The van der Waals surface area contributed by atoms with Gasteiger partial charge < -0.3 is 14.6 Å². The van der Waals surface area contributed by atoms with E-state index in [9.17, 15) is 5.11 Å². The summed E-state index contributed by atoms with van der Waals surface area (Å²) in [6.45, 7) is 6.52. The Labute approximate surface area is 241 Å². The van der Waals surface area contributed by atoms with E-state index in [1.807, 2.05) is 6.92 Å². The molecule has 0 saturated heterocycles. The van der Waals surface area contributed by atoms with E-state index in [4.69, 9.17) is 9.47 Å². The number of ether oxygens (including phenoxy) is 2. The molecule has 0 radical (unpaired) electrons. The fourth-order valence-corrected chi connectivity index (χ4v) is 5.56. The molecule has 0 aromatic heterocycles. The molecule has 0 aliphatic heterocycles. The molecule has 0 bridgehead atoms. The van der Waals surface area contributed by atoms with Gasteiger partial charge in [-0.15, -0.1) is 0 Å². The van der Waals surface area contributed by atoms with E-state index >= 15 is 0 Å². The van der Waals surface area contributed by atoms with Gasteiger partial charge in [-0.2, -0.15) is 0 Å². The van der Waals surface area contributed by atoms with Crippen LogP contribution in [0.3, 0.4) is 0 Å². The fraction of sp³-hybridized carbons (Fsp3) is 0.400. The Hall–Kier alpha value is 1.96. The van der Waals surface area contributed by atoms with Crippen LogP contribution in [-0.4, -0.2) is 24.9 Å². The van der Waals surface area contributed by atoms with Crippen molar-refractivity contribution in [3.8, 4) is 11.5 Å². The first kappa shape index (κ1) is 30.0. The van der Waals surface area contributed by atoms with Crippen LogP contribution >= 0.6 is 104 Å². The summed E-state index contributed by atoms with van der Waals surface area (Å²) >= 11 is 19.1. The molecule has 0 saturated carbocycles. The van der Waals surface area contributed by atoms with Crippen molar-refractivity contribution in [2.45, 2.75) is 38.7 Å². The molecule has 167 valence electrons. The van der Waals surface area contributed by atoms with Gasteiger partial charge in [0.15, 0.2) is 0 Å². The summed E-state index contributed by atoms with van der Waals surface area (Å²) in [6.07, 6.45) is 0.176. The summed E-state index contributed by atoms with van der Waals surface area (Å²) in [7, 11) is 2.28. The average molecular weight is 935 g/mol. The van der Waals surface area contributed by atoms with Gasteiger partial charge in [-0.3, -0.25) is 0 Å². The number of rotatable bonds is 7. The molecule has 0 aliphatic rings.